The molecule has 1 aromatic carbocycles. The minimum Gasteiger partial charge on any atom is -0.393 e. The van der Waals surface area contributed by atoms with E-state index in [1.165, 1.54) is 22.0 Å². The molecule has 1 heterocycles. The lowest BCUT2D eigenvalue weighted by atomic mass is 10.1. The van der Waals surface area contributed by atoms with E-state index >= 15 is 0 Å². The fourth-order valence-corrected chi connectivity index (χ4v) is 2.35. The van der Waals surface area contributed by atoms with E-state index in [1.807, 2.05) is 6.92 Å². The molecular formula is C15H21NO. The van der Waals surface area contributed by atoms with Crippen LogP contribution in [0.4, 0.5) is 0 Å². The molecule has 0 bridgehead atoms. The van der Waals surface area contributed by atoms with Crippen LogP contribution in [0.3, 0.4) is 0 Å². The average molecular weight is 231 g/mol. The van der Waals surface area contributed by atoms with Crippen molar-refractivity contribution < 1.29 is 5.11 Å². The number of aryl methyl sites for hydroxylation is 1. The van der Waals surface area contributed by atoms with Gasteiger partial charge in [0.25, 0.3) is 0 Å². The summed E-state index contributed by atoms with van der Waals surface area (Å²) < 4.78 is 2.28. The minimum atomic E-state index is -0.290. The highest BCUT2D eigenvalue weighted by atomic mass is 16.3. The van der Waals surface area contributed by atoms with E-state index in [9.17, 15) is 5.11 Å². The van der Waals surface area contributed by atoms with Crippen molar-refractivity contribution in [2.75, 3.05) is 0 Å². The van der Waals surface area contributed by atoms with Crippen LogP contribution in [-0.4, -0.2) is 15.8 Å². The lowest BCUT2D eigenvalue weighted by molar-refractivity contribution is 0.196. The van der Waals surface area contributed by atoms with Crippen LogP contribution in [0.25, 0.3) is 10.9 Å². The van der Waals surface area contributed by atoms with Crippen LogP contribution in [0.15, 0.2) is 24.4 Å². The first-order valence-corrected chi connectivity index (χ1v) is 6.27. The molecule has 1 aromatic heterocycles. The van der Waals surface area contributed by atoms with Crippen molar-refractivity contribution in [3.63, 3.8) is 0 Å². The van der Waals surface area contributed by atoms with Crippen LogP contribution in [0.5, 0.6) is 0 Å². The Balaban J connectivity index is 2.62. The van der Waals surface area contributed by atoms with E-state index in [4.69, 9.17) is 0 Å². The Bertz CT molecular complexity index is 523. The third kappa shape index (κ3) is 2.37. The maximum Gasteiger partial charge on any atom is 0.0553 e. The SMILES string of the molecule is Cc1ccc2c(c1)c(CC(C)O)cn2C(C)C. The number of hydrogen-bond donors (Lipinski definition) is 1. The molecule has 0 saturated carbocycles. The average Bonchev–Trinajstić information content (AvgIpc) is 2.56. The molecule has 2 nitrogen and oxygen atoms in total. The molecule has 0 aliphatic rings. The van der Waals surface area contributed by atoms with Gasteiger partial charge in [-0.25, -0.2) is 0 Å². The summed E-state index contributed by atoms with van der Waals surface area (Å²) in [5.74, 6) is 0. The molecule has 92 valence electrons. The molecule has 0 radical (unpaired) electrons. The molecule has 17 heavy (non-hydrogen) atoms. The Kier molecular flexibility index (Phi) is 3.25. The Labute approximate surface area is 103 Å². The van der Waals surface area contributed by atoms with Crippen LogP contribution in [0, 0.1) is 6.92 Å². The summed E-state index contributed by atoms with van der Waals surface area (Å²) in [4.78, 5) is 0. The Morgan fingerprint density at radius 1 is 1.24 bits per heavy atom. The van der Waals surface area contributed by atoms with E-state index in [-0.39, 0.29) is 6.10 Å². The van der Waals surface area contributed by atoms with Crippen molar-refractivity contribution in [1.82, 2.24) is 4.57 Å². The van der Waals surface area contributed by atoms with Gasteiger partial charge < -0.3 is 9.67 Å². The first-order valence-electron chi connectivity index (χ1n) is 6.27. The number of aromatic nitrogens is 1. The molecule has 2 heteroatoms. The van der Waals surface area contributed by atoms with Gasteiger partial charge in [-0.3, -0.25) is 0 Å². The van der Waals surface area contributed by atoms with E-state index in [2.05, 4.69) is 49.7 Å². The maximum absolute atomic E-state index is 9.57. The number of hydrogen-bond acceptors (Lipinski definition) is 1. The van der Waals surface area contributed by atoms with E-state index in [0.29, 0.717) is 6.04 Å². The van der Waals surface area contributed by atoms with Crippen molar-refractivity contribution in [3.8, 4) is 0 Å². The number of aliphatic hydroxyl groups is 1. The molecule has 0 aliphatic carbocycles. The van der Waals surface area contributed by atoms with Gasteiger partial charge in [0.05, 0.1) is 6.10 Å². The predicted molar refractivity (Wildman–Crippen MR) is 72.4 cm³/mol. The van der Waals surface area contributed by atoms with Crippen molar-refractivity contribution in [1.29, 1.82) is 0 Å². The predicted octanol–water partition coefficient (Wildman–Crippen LogP) is 3.45. The molecule has 0 aliphatic heterocycles. The monoisotopic (exact) mass is 231 g/mol. The van der Waals surface area contributed by atoms with Crippen LogP contribution >= 0.6 is 0 Å². The van der Waals surface area contributed by atoms with Crippen LogP contribution in [0.1, 0.15) is 37.9 Å². The van der Waals surface area contributed by atoms with Gasteiger partial charge in [0.1, 0.15) is 0 Å². The summed E-state index contributed by atoms with van der Waals surface area (Å²) in [7, 11) is 0. The van der Waals surface area contributed by atoms with Crippen LogP contribution in [-0.2, 0) is 6.42 Å². The smallest absolute Gasteiger partial charge is 0.0553 e. The van der Waals surface area contributed by atoms with Gasteiger partial charge >= 0.3 is 0 Å². The number of aliphatic hydroxyl groups excluding tert-OH is 1. The quantitative estimate of drug-likeness (QED) is 0.860. The highest BCUT2D eigenvalue weighted by Gasteiger charge is 2.12. The molecular weight excluding hydrogens is 210 g/mol. The number of fused-ring (bicyclic) bond motifs is 1. The van der Waals surface area contributed by atoms with E-state index in [1.54, 1.807) is 0 Å². The normalized spacial score (nSPS) is 13.5. The summed E-state index contributed by atoms with van der Waals surface area (Å²) in [5.41, 5.74) is 3.78. The fraction of sp³-hybridized carbons (Fsp3) is 0.467. The number of benzene rings is 1. The molecule has 0 amide bonds. The minimum absolute atomic E-state index is 0.290. The van der Waals surface area contributed by atoms with Gasteiger partial charge in [0, 0.05) is 29.6 Å². The van der Waals surface area contributed by atoms with Gasteiger partial charge in [-0.1, -0.05) is 11.6 Å². The second-order valence-electron chi connectivity index (χ2n) is 5.23. The topological polar surface area (TPSA) is 25.2 Å². The maximum atomic E-state index is 9.57. The van der Waals surface area contributed by atoms with Gasteiger partial charge in [-0.2, -0.15) is 0 Å². The third-order valence-electron chi connectivity index (χ3n) is 3.14. The summed E-state index contributed by atoms with van der Waals surface area (Å²) in [6.07, 6.45) is 2.61. The standard InChI is InChI=1S/C15H21NO/c1-10(2)16-9-13(8-12(4)17)14-7-11(3)5-6-15(14)16/h5-7,9-10,12,17H,8H2,1-4H3. The largest absolute Gasteiger partial charge is 0.393 e. The molecule has 0 spiro atoms. The van der Waals surface area contributed by atoms with Crippen molar-refractivity contribution >= 4 is 10.9 Å². The van der Waals surface area contributed by atoms with E-state index < -0.39 is 0 Å². The van der Waals surface area contributed by atoms with Crippen molar-refractivity contribution in [3.05, 3.63) is 35.5 Å². The lowest BCUT2D eigenvalue weighted by Gasteiger charge is -2.08. The second kappa shape index (κ2) is 4.53. The van der Waals surface area contributed by atoms with Crippen LogP contribution in [0.2, 0.25) is 0 Å². The molecule has 2 aromatic rings. The highest BCUT2D eigenvalue weighted by molar-refractivity contribution is 5.85. The molecule has 1 unspecified atom stereocenters. The fourth-order valence-electron chi connectivity index (χ4n) is 2.35. The summed E-state index contributed by atoms with van der Waals surface area (Å²) in [6, 6.07) is 6.98. The third-order valence-corrected chi connectivity index (χ3v) is 3.14. The van der Waals surface area contributed by atoms with Gasteiger partial charge in [-0.15, -0.1) is 0 Å². The van der Waals surface area contributed by atoms with Crippen molar-refractivity contribution in [2.24, 2.45) is 0 Å². The summed E-state index contributed by atoms with van der Waals surface area (Å²) in [5, 5.41) is 10.9. The molecule has 0 saturated heterocycles. The highest BCUT2D eigenvalue weighted by Crippen LogP contribution is 2.26. The first kappa shape index (κ1) is 12.2. The second-order valence-corrected chi connectivity index (χ2v) is 5.23. The molecule has 1 atom stereocenters. The van der Waals surface area contributed by atoms with Crippen molar-refractivity contribution in [2.45, 2.75) is 46.3 Å². The number of rotatable bonds is 3. The molecule has 2 rings (SSSR count). The van der Waals surface area contributed by atoms with E-state index in [0.717, 1.165) is 6.42 Å². The zero-order chi connectivity index (χ0) is 12.6. The summed E-state index contributed by atoms with van der Waals surface area (Å²) in [6.45, 7) is 8.32. The van der Waals surface area contributed by atoms with Gasteiger partial charge in [-0.05, 0) is 45.4 Å². The van der Waals surface area contributed by atoms with Gasteiger partial charge in [0.15, 0.2) is 0 Å². The Morgan fingerprint density at radius 2 is 1.94 bits per heavy atom. The lowest BCUT2D eigenvalue weighted by Crippen LogP contribution is -2.03. The van der Waals surface area contributed by atoms with Crippen LogP contribution < -0.4 is 0 Å². The molecule has 0 fully saturated rings. The number of nitrogens with zero attached hydrogens (tertiary/aromatic N) is 1. The first-order chi connectivity index (χ1) is 7.99. The zero-order valence-corrected chi connectivity index (χ0v) is 11.1. The molecule has 1 N–H and O–H groups in total. The Hall–Kier alpha value is -1.28. The Morgan fingerprint density at radius 3 is 2.53 bits per heavy atom. The van der Waals surface area contributed by atoms with Gasteiger partial charge in [0.2, 0.25) is 0 Å². The summed E-state index contributed by atoms with van der Waals surface area (Å²) >= 11 is 0. The zero-order valence-electron chi connectivity index (χ0n) is 11.1.